The fourth-order valence-corrected chi connectivity index (χ4v) is 2.03. The van der Waals surface area contributed by atoms with Gasteiger partial charge in [-0.05, 0) is 19.1 Å². The average molecular weight is 318 g/mol. The van der Waals surface area contributed by atoms with E-state index in [1.165, 1.54) is 18.9 Å². The highest BCUT2D eigenvalue weighted by Gasteiger charge is 2.19. The number of hydrogen-bond donors (Lipinski definition) is 2. The number of anilines is 1. The standard InChI is InChI=1S/C15H18N4O4/c1-4-19-8-11(13(18-19)14(16)20)17-15(21)10-6-5-9(22-2)7-12(10)23-3/h5-8H,4H2,1-3H3,(H2,16,20)(H,17,21). The van der Waals surface area contributed by atoms with Crippen LogP contribution in [-0.2, 0) is 6.54 Å². The molecule has 0 spiro atoms. The molecule has 2 aromatic rings. The molecular weight excluding hydrogens is 300 g/mol. The zero-order valence-electron chi connectivity index (χ0n) is 13.1. The normalized spacial score (nSPS) is 10.2. The molecule has 8 nitrogen and oxygen atoms in total. The van der Waals surface area contributed by atoms with Crippen molar-refractivity contribution < 1.29 is 19.1 Å². The molecule has 2 rings (SSSR count). The maximum atomic E-state index is 12.4. The predicted molar refractivity (Wildman–Crippen MR) is 83.9 cm³/mol. The van der Waals surface area contributed by atoms with Crippen molar-refractivity contribution in [2.24, 2.45) is 5.73 Å². The van der Waals surface area contributed by atoms with Crippen LogP contribution in [0.25, 0.3) is 0 Å². The Hall–Kier alpha value is -3.03. The van der Waals surface area contributed by atoms with Crippen LogP contribution in [0.5, 0.6) is 11.5 Å². The average Bonchev–Trinajstić information content (AvgIpc) is 2.97. The summed E-state index contributed by atoms with van der Waals surface area (Å²) in [5.74, 6) is -0.239. The molecule has 1 aromatic heterocycles. The summed E-state index contributed by atoms with van der Waals surface area (Å²) in [6, 6.07) is 4.81. The number of carbonyl (C=O) groups excluding carboxylic acids is 2. The molecule has 8 heteroatoms. The van der Waals surface area contributed by atoms with Crippen LogP contribution in [0.2, 0.25) is 0 Å². The number of benzene rings is 1. The van der Waals surface area contributed by atoms with Crippen LogP contribution in [0.3, 0.4) is 0 Å². The summed E-state index contributed by atoms with van der Waals surface area (Å²) >= 11 is 0. The first kappa shape index (κ1) is 16.3. The highest BCUT2D eigenvalue weighted by Crippen LogP contribution is 2.26. The second kappa shape index (κ2) is 6.82. The summed E-state index contributed by atoms with van der Waals surface area (Å²) in [7, 11) is 2.97. The largest absolute Gasteiger partial charge is 0.497 e. The van der Waals surface area contributed by atoms with E-state index in [1.54, 1.807) is 24.4 Å². The van der Waals surface area contributed by atoms with Crippen molar-refractivity contribution in [1.29, 1.82) is 0 Å². The van der Waals surface area contributed by atoms with Crippen LogP contribution in [0.4, 0.5) is 5.69 Å². The molecule has 0 saturated carbocycles. The zero-order chi connectivity index (χ0) is 17.0. The number of ether oxygens (including phenoxy) is 2. The minimum Gasteiger partial charge on any atom is -0.497 e. The lowest BCUT2D eigenvalue weighted by Crippen LogP contribution is -2.18. The first-order valence-corrected chi connectivity index (χ1v) is 6.90. The van der Waals surface area contributed by atoms with Gasteiger partial charge < -0.3 is 20.5 Å². The number of nitrogens with one attached hydrogen (secondary N) is 1. The van der Waals surface area contributed by atoms with E-state index >= 15 is 0 Å². The first-order chi connectivity index (χ1) is 11.0. The molecular formula is C15H18N4O4. The van der Waals surface area contributed by atoms with Crippen LogP contribution in [-0.4, -0.2) is 35.8 Å². The van der Waals surface area contributed by atoms with Crippen molar-refractivity contribution in [3.8, 4) is 11.5 Å². The molecule has 0 aliphatic heterocycles. The number of rotatable bonds is 6. The van der Waals surface area contributed by atoms with Crippen LogP contribution < -0.4 is 20.5 Å². The van der Waals surface area contributed by atoms with Gasteiger partial charge in [-0.1, -0.05) is 0 Å². The lowest BCUT2D eigenvalue weighted by Gasteiger charge is -2.10. The molecule has 3 N–H and O–H groups in total. The molecule has 0 bridgehead atoms. The Morgan fingerprint density at radius 3 is 2.61 bits per heavy atom. The first-order valence-electron chi connectivity index (χ1n) is 6.90. The number of aryl methyl sites for hydroxylation is 1. The maximum absolute atomic E-state index is 12.4. The van der Waals surface area contributed by atoms with Crippen molar-refractivity contribution in [1.82, 2.24) is 9.78 Å². The van der Waals surface area contributed by atoms with Gasteiger partial charge in [0.15, 0.2) is 5.69 Å². The summed E-state index contributed by atoms with van der Waals surface area (Å²) in [4.78, 5) is 23.9. The zero-order valence-corrected chi connectivity index (χ0v) is 13.1. The highest BCUT2D eigenvalue weighted by atomic mass is 16.5. The predicted octanol–water partition coefficient (Wildman–Crippen LogP) is 1.27. The van der Waals surface area contributed by atoms with Crippen LogP contribution >= 0.6 is 0 Å². The van der Waals surface area contributed by atoms with Crippen molar-refractivity contribution in [2.75, 3.05) is 19.5 Å². The van der Waals surface area contributed by atoms with E-state index in [-0.39, 0.29) is 11.4 Å². The number of primary amides is 1. The smallest absolute Gasteiger partial charge is 0.271 e. The SMILES string of the molecule is CCn1cc(NC(=O)c2ccc(OC)cc2OC)c(C(N)=O)n1. The quantitative estimate of drug-likeness (QED) is 0.834. The Labute approximate surface area is 133 Å². The Kier molecular flexibility index (Phi) is 4.85. The minimum atomic E-state index is -0.714. The fraction of sp³-hybridized carbons (Fsp3) is 0.267. The molecule has 0 aliphatic carbocycles. The lowest BCUT2D eigenvalue weighted by atomic mass is 10.1. The molecule has 0 unspecified atom stereocenters. The van der Waals surface area contributed by atoms with Crippen LogP contribution in [0.15, 0.2) is 24.4 Å². The van der Waals surface area contributed by atoms with Gasteiger partial charge >= 0.3 is 0 Å². The van der Waals surface area contributed by atoms with Gasteiger partial charge in [-0.3, -0.25) is 14.3 Å². The Morgan fingerprint density at radius 1 is 1.30 bits per heavy atom. The molecule has 0 aliphatic rings. The number of amides is 2. The van der Waals surface area contributed by atoms with Gasteiger partial charge in [0.2, 0.25) is 0 Å². The fourth-order valence-electron chi connectivity index (χ4n) is 2.03. The molecule has 0 fully saturated rings. The lowest BCUT2D eigenvalue weighted by molar-refractivity contribution is 0.0995. The van der Waals surface area contributed by atoms with Gasteiger partial charge in [-0.25, -0.2) is 0 Å². The van der Waals surface area contributed by atoms with E-state index in [0.717, 1.165) is 0 Å². The van der Waals surface area contributed by atoms with Crippen molar-refractivity contribution in [3.05, 3.63) is 35.7 Å². The molecule has 23 heavy (non-hydrogen) atoms. The second-order valence-electron chi connectivity index (χ2n) is 4.63. The molecule has 0 radical (unpaired) electrons. The summed E-state index contributed by atoms with van der Waals surface area (Å²) in [5, 5.41) is 6.65. The van der Waals surface area contributed by atoms with E-state index in [9.17, 15) is 9.59 Å². The molecule has 122 valence electrons. The number of nitrogens with zero attached hydrogens (tertiary/aromatic N) is 2. The number of carbonyl (C=O) groups is 2. The maximum Gasteiger partial charge on any atom is 0.271 e. The monoisotopic (exact) mass is 318 g/mol. The third-order valence-electron chi connectivity index (χ3n) is 3.22. The number of hydrogen-bond acceptors (Lipinski definition) is 5. The number of aromatic nitrogens is 2. The van der Waals surface area contributed by atoms with Crippen LogP contribution in [0.1, 0.15) is 27.8 Å². The van der Waals surface area contributed by atoms with Crippen molar-refractivity contribution >= 4 is 17.5 Å². The van der Waals surface area contributed by atoms with Gasteiger partial charge in [-0.2, -0.15) is 5.10 Å². The molecule has 1 heterocycles. The molecule has 0 atom stereocenters. The van der Waals surface area contributed by atoms with Crippen molar-refractivity contribution in [3.63, 3.8) is 0 Å². The Balaban J connectivity index is 2.32. The van der Waals surface area contributed by atoms with Crippen LogP contribution in [0, 0.1) is 0 Å². The van der Waals surface area contributed by atoms with Gasteiger partial charge in [0, 0.05) is 18.8 Å². The summed E-state index contributed by atoms with van der Waals surface area (Å²) in [6.45, 7) is 2.40. The van der Waals surface area contributed by atoms with E-state index in [2.05, 4.69) is 10.4 Å². The number of nitrogens with two attached hydrogens (primary N) is 1. The van der Waals surface area contributed by atoms with E-state index in [1.807, 2.05) is 6.92 Å². The van der Waals surface area contributed by atoms with Gasteiger partial charge in [0.05, 0.1) is 25.5 Å². The van der Waals surface area contributed by atoms with Gasteiger partial charge in [0.1, 0.15) is 11.5 Å². The second-order valence-corrected chi connectivity index (χ2v) is 4.63. The van der Waals surface area contributed by atoms with Gasteiger partial charge in [0.25, 0.3) is 11.8 Å². The highest BCUT2D eigenvalue weighted by molar-refractivity contribution is 6.09. The van der Waals surface area contributed by atoms with E-state index < -0.39 is 11.8 Å². The summed E-state index contributed by atoms with van der Waals surface area (Å²) in [5.41, 5.74) is 5.84. The number of methoxy groups -OCH3 is 2. The summed E-state index contributed by atoms with van der Waals surface area (Å²) in [6.07, 6.45) is 1.55. The molecule has 0 saturated heterocycles. The van der Waals surface area contributed by atoms with E-state index in [4.69, 9.17) is 15.2 Å². The van der Waals surface area contributed by atoms with E-state index in [0.29, 0.717) is 23.6 Å². The molecule has 1 aromatic carbocycles. The topological polar surface area (TPSA) is 108 Å². The Bertz CT molecular complexity index is 739. The van der Waals surface area contributed by atoms with Gasteiger partial charge in [-0.15, -0.1) is 0 Å². The minimum absolute atomic E-state index is 0.00711. The molecule has 2 amide bonds. The Morgan fingerprint density at radius 2 is 2.04 bits per heavy atom. The third kappa shape index (κ3) is 3.42. The third-order valence-corrected chi connectivity index (χ3v) is 3.22. The summed E-state index contributed by atoms with van der Waals surface area (Å²) < 4.78 is 11.8. The van der Waals surface area contributed by atoms with Crippen molar-refractivity contribution in [2.45, 2.75) is 13.5 Å².